The molecule has 0 radical (unpaired) electrons. The van der Waals surface area contributed by atoms with E-state index in [0.717, 1.165) is 0 Å². The van der Waals surface area contributed by atoms with Crippen LogP contribution in [0.1, 0.15) is 18.0 Å². The molecule has 1 unspecified atom stereocenters. The van der Waals surface area contributed by atoms with E-state index in [0.29, 0.717) is 24.7 Å². The van der Waals surface area contributed by atoms with Crippen LogP contribution in [0.4, 0.5) is 13.2 Å². The van der Waals surface area contributed by atoms with E-state index < -0.39 is 18.6 Å². The summed E-state index contributed by atoms with van der Waals surface area (Å²) in [5, 5.41) is 0.149. The average molecular weight is 282 g/mol. The first kappa shape index (κ1) is 13.3. The van der Waals surface area contributed by atoms with Crippen LogP contribution in [-0.4, -0.2) is 19.4 Å². The molecule has 1 aromatic rings. The van der Waals surface area contributed by atoms with Crippen molar-refractivity contribution in [3.8, 4) is 11.5 Å². The molecule has 7 heteroatoms. The third-order valence-corrected chi connectivity index (χ3v) is 2.84. The fraction of sp³-hybridized carbons (Fsp3) is 0.455. The van der Waals surface area contributed by atoms with E-state index in [2.05, 4.69) is 0 Å². The molecule has 0 amide bonds. The molecule has 2 rings (SSSR count). The van der Waals surface area contributed by atoms with Crippen LogP contribution in [0.15, 0.2) is 12.1 Å². The quantitative estimate of drug-likeness (QED) is 0.906. The molecule has 100 valence electrons. The zero-order chi connectivity index (χ0) is 13.3. The normalized spacial score (nSPS) is 16.5. The Kier molecular flexibility index (Phi) is 3.59. The molecule has 0 bridgehead atoms. The van der Waals surface area contributed by atoms with E-state index in [4.69, 9.17) is 26.8 Å². The number of halogens is 4. The molecule has 1 atom stereocenters. The van der Waals surface area contributed by atoms with E-state index in [9.17, 15) is 13.2 Å². The summed E-state index contributed by atoms with van der Waals surface area (Å²) in [5.74, 6) is 0.799. The van der Waals surface area contributed by atoms with Gasteiger partial charge in [0.05, 0.1) is 6.42 Å². The first-order valence-corrected chi connectivity index (χ1v) is 5.66. The molecule has 0 aromatic heterocycles. The number of benzene rings is 1. The molecule has 0 saturated carbocycles. The summed E-state index contributed by atoms with van der Waals surface area (Å²) in [4.78, 5) is 0. The molecule has 18 heavy (non-hydrogen) atoms. The van der Waals surface area contributed by atoms with E-state index in [1.165, 1.54) is 12.1 Å². The van der Waals surface area contributed by atoms with Gasteiger partial charge in [-0.1, -0.05) is 11.6 Å². The Morgan fingerprint density at radius 3 is 2.33 bits per heavy atom. The Morgan fingerprint density at radius 1 is 1.22 bits per heavy atom. The highest BCUT2D eigenvalue weighted by Gasteiger charge is 2.32. The van der Waals surface area contributed by atoms with Gasteiger partial charge in [-0.15, -0.1) is 0 Å². The van der Waals surface area contributed by atoms with E-state index in [1.54, 1.807) is 0 Å². The molecular weight excluding hydrogens is 271 g/mol. The van der Waals surface area contributed by atoms with Crippen molar-refractivity contribution in [1.82, 2.24) is 0 Å². The highest BCUT2D eigenvalue weighted by atomic mass is 35.5. The van der Waals surface area contributed by atoms with Crippen molar-refractivity contribution in [3.63, 3.8) is 0 Å². The van der Waals surface area contributed by atoms with Crippen LogP contribution < -0.4 is 15.2 Å². The van der Waals surface area contributed by atoms with Gasteiger partial charge < -0.3 is 15.2 Å². The van der Waals surface area contributed by atoms with Crippen LogP contribution in [0.5, 0.6) is 11.5 Å². The number of fused-ring (bicyclic) bond motifs is 1. The topological polar surface area (TPSA) is 44.5 Å². The Bertz CT molecular complexity index is 451. The highest BCUT2D eigenvalue weighted by Crippen LogP contribution is 2.39. The lowest BCUT2D eigenvalue weighted by Gasteiger charge is -2.22. The van der Waals surface area contributed by atoms with Crippen LogP contribution >= 0.6 is 11.6 Å². The van der Waals surface area contributed by atoms with Crippen molar-refractivity contribution in [2.24, 2.45) is 5.73 Å². The van der Waals surface area contributed by atoms with Crippen molar-refractivity contribution in [2.75, 3.05) is 13.2 Å². The zero-order valence-electron chi connectivity index (χ0n) is 9.26. The first-order chi connectivity index (χ1) is 8.37. The zero-order valence-corrected chi connectivity index (χ0v) is 10.0. The molecule has 1 heterocycles. The van der Waals surface area contributed by atoms with Crippen LogP contribution in [0.25, 0.3) is 0 Å². The van der Waals surface area contributed by atoms with Gasteiger partial charge in [0.25, 0.3) is 0 Å². The Hall–Kier alpha value is -1.14. The second-order valence-electron chi connectivity index (χ2n) is 3.94. The highest BCUT2D eigenvalue weighted by molar-refractivity contribution is 6.31. The van der Waals surface area contributed by atoms with Crippen LogP contribution in [0.3, 0.4) is 0 Å². The summed E-state index contributed by atoms with van der Waals surface area (Å²) >= 11 is 5.90. The summed E-state index contributed by atoms with van der Waals surface area (Å²) in [5.41, 5.74) is 5.72. The number of rotatable bonds is 2. The summed E-state index contributed by atoms with van der Waals surface area (Å²) in [6, 6.07) is 1.63. The van der Waals surface area contributed by atoms with Gasteiger partial charge in [0.2, 0.25) is 0 Å². The Balaban J connectivity index is 2.27. The molecule has 0 aliphatic carbocycles. The van der Waals surface area contributed by atoms with E-state index in [1.807, 2.05) is 0 Å². The first-order valence-electron chi connectivity index (χ1n) is 5.28. The molecule has 3 nitrogen and oxygen atoms in total. The van der Waals surface area contributed by atoms with Gasteiger partial charge in [0.1, 0.15) is 13.2 Å². The van der Waals surface area contributed by atoms with Gasteiger partial charge in [-0.3, -0.25) is 0 Å². The minimum absolute atomic E-state index is 0.149. The lowest BCUT2D eigenvalue weighted by molar-refractivity contribution is -0.138. The molecule has 1 aliphatic rings. The molecule has 2 N–H and O–H groups in total. The predicted molar refractivity (Wildman–Crippen MR) is 60.0 cm³/mol. The molecule has 1 aromatic carbocycles. The maximum Gasteiger partial charge on any atom is 0.390 e. The van der Waals surface area contributed by atoms with Crippen molar-refractivity contribution < 1.29 is 22.6 Å². The van der Waals surface area contributed by atoms with Crippen molar-refractivity contribution in [2.45, 2.75) is 18.6 Å². The second-order valence-corrected chi connectivity index (χ2v) is 4.35. The number of hydrogen-bond acceptors (Lipinski definition) is 3. The van der Waals surface area contributed by atoms with Gasteiger partial charge in [0, 0.05) is 17.1 Å². The summed E-state index contributed by atoms with van der Waals surface area (Å²) in [7, 11) is 0. The van der Waals surface area contributed by atoms with Gasteiger partial charge in [-0.05, 0) is 11.6 Å². The third kappa shape index (κ3) is 3.00. The van der Waals surface area contributed by atoms with Crippen molar-refractivity contribution >= 4 is 11.6 Å². The van der Waals surface area contributed by atoms with Gasteiger partial charge in [-0.25, -0.2) is 0 Å². The second kappa shape index (κ2) is 4.85. The summed E-state index contributed by atoms with van der Waals surface area (Å²) in [6.45, 7) is 0.736. The van der Waals surface area contributed by atoms with E-state index in [-0.39, 0.29) is 10.6 Å². The standard InChI is InChI=1S/C11H11ClF3NO2/c12-7-4-10-9(17-1-2-18-10)3-6(7)8(16)5-11(13,14)15/h3-4,8H,1-2,5,16H2. The van der Waals surface area contributed by atoms with Gasteiger partial charge >= 0.3 is 6.18 Å². The van der Waals surface area contributed by atoms with Crippen LogP contribution in [-0.2, 0) is 0 Å². The minimum Gasteiger partial charge on any atom is -0.486 e. The largest absolute Gasteiger partial charge is 0.486 e. The SMILES string of the molecule is NC(CC(F)(F)F)c1cc2c(cc1Cl)OCCO2. The number of alkyl halides is 3. The Labute approximate surface area is 107 Å². The minimum atomic E-state index is -4.34. The molecule has 0 saturated heterocycles. The van der Waals surface area contributed by atoms with Crippen molar-refractivity contribution in [1.29, 1.82) is 0 Å². The van der Waals surface area contributed by atoms with Gasteiger partial charge in [-0.2, -0.15) is 13.2 Å². The number of nitrogens with two attached hydrogens (primary N) is 1. The fourth-order valence-corrected chi connectivity index (χ4v) is 2.02. The fourth-order valence-electron chi connectivity index (χ4n) is 1.72. The lowest BCUT2D eigenvalue weighted by Crippen LogP contribution is -2.21. The smallest absolute Gasteiger partial charge is 0.390 e. The predicted octanol–water partition coefficient (Wildman–Crippen LogP) is 3.06. The monoisotopic (exact) mass is 281 g/mol. The maximum atomic E-state index is 12.3. The molecular formula is C11H11ClF3NO2. The van der Waals surface area contributed by atoms with Crippen molar-refractivity contribution in [3.05, 3.63) is 22.7 Å². The van der Waals surface area contributed by atoms with E-state index >= 15 is 0 Å². The number of ether oxygens (including phenoxy) is 2. The Morgan fingerprint density at radius 2 is 1.78 bits per heavy atom. The van der Waals surface area contributed by atoms with Gasteiger partial charge in [0.15, 0.2) is 11.5 Å². The number of hydrogen-bond donors (Lipinski definition) is 1. The lowest BCUT2D eigenvalue weighted by atomic mass is 10.0. The molecule has 1 aliphatic heterocycles. The third-order valence-electron chi connectivity index (χ3n) is 2.51. The molecule has 0 spiro atoms. The summed E-state index contributed by atoms with van der Waals surface area (Å²) < 4.78 is 47.4. The average Bonchev–Trinajstić information content (AvgIpc) is 2.25. The molecule has 0 fully saturated rings. The van der Waals surface area contributed by atoms with Crippen LogP contribution in [0, 0.1) is 0 Å². The van der Waals surface area contributed by atoms with Crippen LogP contribution in [0.2, 0.25) is 5.02 Å². The maximum absolute atomic E-state index is 12.3. The summed E-state index contributed by atoms with van der Waals surface area (Å²) in [6.07, 6.45) is -5.47.